The van der Waals surface area contributed by atoms with Crippen LogP contribution >= 0.6 is 11.8 Å². The Morgan fingerprint density at radius 3 is 2.04 bits per heavy atom. The Morgan fingerprint density at radius 2 is 1.38 bits per heavy atom. The minimum Gasteiger partial charge on any atom is -0.379 e. The molecular formula is C36H59N3O7S. The van der Waals surface area contributed by atoms with Gasteiger partial charge in [-0.1, -0.05) is 26.2 Å². The maximum Gasteiger partial charge on any atom is 0.315 e. The predicted molar refractivity (Wildman–Crippen MR) is 185 cm³/mol. The van der Waals surface area contributed by atoms with Gasteiger partial charge in [-0.3, -0.25) is 14.4 Å². The first kappa shape index (κ1) is 39.3. The molecule has 0 aromatic heterocycles. The Morgan fingerprint density at radius 1 is 0.787 bits per heavy atom. The van der Waals surface area contributed by atoms with Crippen LogP contribution in [0, 0.1) is 23.7 Å². The Hall–Kier alpha value is -2.13. The van der Waals surface area contributed by atoms with Crippen LogP contribution in [0.25, 0.3) is 0 Å². The van der Waals surface area contributed by atoms with E-state index in [2.05, 4.69) is 36.3 Å². The largest absolute Gasteiger partial charge is 0.379 e. The molecule has 3 aliphatic heterocycles. The molecule has 0 saturated carbocycles. The van der Waals surface area contributed by atoms with Gasteiger partial charge in [0.2, 0.25) is 5.91 Å². The molecule has 0 aromatic carbocycles. The number of urea groups is 1. The monoisotopic (exact) mass is 677 g/mol. The van der Waals surface area contributed by atoms with Crippen molar-refractivity contribution in [3.63, 3.8) is 0 Å². The molecule has 0 aromatic rings. The highest BCUT2D eigenvalue weighted by Crippen LogP contribution is 2.33. The van der Waals surface area contributed by atoms with Crippen molar-refractivity contribution >= 4 is 35.3 Å². The number of nitrogens with one attached hydrogen (secondary N) is 2. The van der Waals surface area contributed by atoms with E-state index in [1.807, 2.05) is 16.7 Å². The number of thioether (sulfide) groups is 1. The quantitative estimate of drug-likeness (QED) is 0.0794. The van der Waals surface area contributed by atoms with Crippen molar-refractivity contribution in [2.24, 2.45) is 11.8 Å². The minimum atomic E-state index is -0.0465. The number of nitrogens with zero attached hydrogens (tertiary/aromatic N) is 1. The molecule has 2 saturated heterocycles. The lowest BCUT2D eigenvalue weighted by Gasteiger charge is -2.28. The number of amides is 3. The van der Waals surface area contributed by atoms with Crippen LogP contribution in [-0.2, 0) is 28.6 Å². The lowest BCUT2D eigenvalue weighted by atomic mass is 9.94. The van der Waals surface area contributed by atoms with Gasteiger partial charge in [0, 0.05) is 81.7 Å². The Balaban J connectivity index is 1.01. The smallest absolute Gasteiger partial charge is 0.315 e. The standard InChI is InChI=1S/C36H59N3O7S/c1-28-12-5-8-19-39(26-29(28)2)34(42)18-11-16-31(41)15-7-10-21-45-23-25-46-24-22-44-20-9-6-14-30(40)13-3-4-17-33-35-32(27-47-33)37-36(43)38-35/h28-29,32-33,35H,3-4,6-11,13-27H2,1-2H3,(H2,37,38,43)/t28-,29-,32-,33-,35-/m0/s1. The summed E-state index contributed by atoms with van der Waals surface area (Å²) in [6.07, 6.45) is 10.4. The van der Waals surface area contributed by atoms with E-state index >= 15 is 0 Å². The van der Waals surface area contributed by atoms with Crippen molar-refractivity contribution in [2.45, 2.75) is 121 Å². The number of ketones is 2. The van der Waals surface area contributed by atoms with E-state index in [-0.39, 0.29) is 29.8 Å². The predicted octanol–water partition coefficient (Wildman–Crippen LogP) is 4.92. The number of carbonyl (C=O) groups excluding carboxylic acids is 4. The van der Waals surface area contributed by atoms with Gasteiger partial charge in [-0.25, -0.2) is 4.79 Å². The highest BCUT2D eigenvalue weighted by molar-refractivity contribution is 8.00. The highest BCUT2D eigenvalue weighted by atomic mass is 32.2. The molecule has 3 heterocycles. The number of fused-ring (bicyclic) bond motifs is 1. The molecule has 3 aliphatic rings. The van der Waals surface area contributed by atoms with E-state index in [4.69, 9.17) is 14.2 Å². The van der Waals surface area contributed by atoms with Gasteiger partial charge in [-0.15, -0.1) is 5.92 Å². The van der Waals surface area contributed by atoms with Gasteiger partial charge < -0.3 is 29.7 Å². The molecule has 0 aliphatic carbocycles. The van der Waals surface area contributed by atoms with Crippen molar-refractivity contribution in [1.29, 1.82) is 0 Å². The first-order chi connectivity index (χ1) is 22.8. The van der Waals surface area contributed by atoms with Crippen LogP contribution in [0.2, 0.25) is 0 Å². The number of hydrogen-bond donors (Lipinski definition) is 2. The summed E-state index contributed by atoms with van der Waals surface area (Å²) in [5.74, 6) is 8.75. The number of carbonyl (C=O) groups is 4. The Kier molecular flexibility index (Phi) is 19.5. The number of Topliss-reactive ketones (excluding diaryl/α,β-unsaturated/α-hetero) is 2. The van der Waals surface area contributed by atoms with Crippen LogP contribution in [-0.4, -0.2) is 104 Å². The molecule has 11 heteroatoms. The van der Waals surface area contributed by atoms with Gasteiger partial charge in [-0.2, -0.15) is 11.8 Å². The van der Waals surface area contributed by atoms with Crippen LogP contribution < -0.4 is 10.6 Å². The fourth-order valence-corrected chi connectivity index (χ4v) is 7.68. The van der Waals surface area contributed by atoms with Crippen LogP contribution in [0.4, 0.5) is 4.79 Å². The summed E-state index contributed by atoms with van der Waals surface area (Å²) in [5.41, 5.74) is 0. The number of hydrogen-bond acceptors (Lipinski definition) is 8. The second kappa shape index (κ2) is 23.3. The maximum absolute atomic E-state index is 12.6. The fourth-order valence-electron chi connectivity index (χ4n) is 6.14. The summed E-state index contributed by atoms with van der Waals surface area (Å²) in [4.78, 5) is 50.4. The van der Waals surface area contributed by atoms with Gasteiger partial charge in [0.1, 0.15) is 11.6 Å². The summed E-state index contributed by atoms with van der Waals surface area (Å²) in [6.45, 7) is 9.02. The molecule has 0 bridgehead atoms. The number of unbranched alkanes of at least 4 members (excludes halogenated alkanes) is 3. The molecule has 0 spiro atoms. The van der Waals surface area contributed by atoms with E-state index in [0.29, 0.717) is 108 Å². The van der Waals surface area contributed by atoms with Crippen molar-refractivity contribution in [1.82, 2.24) is 15.5 Å². The summed E-state index contributed by atoms with van der Waals surface area (Å²) in [5, 5.41) is 6.45. The SMILES string of the molecule is C[C@H]1C#CCCN(C(=O)CCCC(=O)CCCCOCCOCCOCCCCC(=O)CCCC[C@@H]2SC[C@@H]3NC(=O)N[C@@H]32)C[C@@H]1C. The van der Waals surface area contributed by atoms with E-state index in [9.17, 15) is 19.2 Å². The molecule has 5 atom stereocenters. The molecule has 266 valence electrons. The summed E-state index contributed by atoms with van der Waals surface area (Å²) in [6, 6.07) is 0.460. The van der Waals surface area contributed by atoms with E-state index in [1.165, 1.54) is 0 Å². The Labute approximate surface area is 286 Å². The van der Waals surface area contributed by atoms with Crippen molar-refractivity contribution in [3.8, 4) is 11.8 Å². The number of rotatable bonds is 25. The molecule has 0 radical (unpaired) electrons. The van der Waals surface area contributed by atoms with Crippen molar-refractivity contribution in [2.75, 3.05) is 58.5 Å². The third-order valence-corrected chi connectivity index (χ3v) is 10.8. The lowest BCUT2D eigenvalue weighted by molar-refractivity contribution is -0.132. The molecule has 2 fully saturated rings. The summed E-state index contributed by atoms with van der Waals surface area (Å²) < 4.78 is 16.8. The summed E-state index contributed by atoms with van der Waals surface area (Å²) >= 11 is 1.92. The van der Waals surface area contributed by atoms with Gasteiger partial charge in [0.05, 0.1) is 38.5 Å². The van der Waals surface area contributed by atoms with E-state index in [1.54, 1.807) is 0 Å². The zero-order chi connectivity index (χ0) is 33.7. The molecular weight excluding hydrogens is 618 g/mol. The first-order valence-corrected chi connectivity index (χ1v) is 19.1. The highest BCUT2D eigenvalue weighted by Gasteiger charge is 2.42. The van der Waals surface area contributed by atoms with Crippen LogP contribution in [0.5, 0.6) is 0 Å². The average molecular weight is 678 g/mol. The fraction of sp³-hybridized carbons (Fsp3) is 0.833. The topological polar surface area (TPSA) is 123 Å². The molecule has 2 N–H and O–H groups in total. The molecule has 3 amide bonds. The zero-order valence-electron chi connectivity index (χ0n) is 28.9. The molecule has 10 nitrogen and oxygen atoms in total. The average Bonchev–Trinajstić information content (AvgIpc) is 3.60. The maximum atomic E-state index is 12.6. The van der Waals surface area contributed by atoms with Crippen molar-refractivity contribution < 1.29 is 33.4 Å². The number of ether oxygens (including phenoxy) is 3. The third kappa shape index (κ3) is 16.2. The summed E-state index contributed by atoms with van der Waals surface area (Å²) in [7, 11) is 0. The van der Waals surface area contributed by atoms with Crippen LogP contribution in [0.3, 0.4) is 0 Å². The minimum absolute atomic E-state index is 0.0465. The second-order valence-electron chi connectivity index (χ2n) is 13.2. The van der Waals surface area contributed by atoms with Crippen LogP contribution in [0.15, 0.2) is 0 Å². The molecule has 3 rings (SSSR count). The van der Waals surface area contributed by atoms with Crippen molar-refractivity contribution in [3.05, 3.63) is 0 Å². The zero-order valence-corrected chi connectivity index (χ0v) is 29.7. The van der Waals surface area contributed by atoms with Gasteiger partial charge in [-0.05, 0) is 50.9 Å². The first-order valence-electron chi connectivity index (χ1n) is 18.0. The second-order valence-corrected chi connectivity index (χ2v) is 14.5. The third-order valence-electron chi connectivity index (χ3n) is 9.26. The lowest BCUT2D eigenvalue weighted by Crippen LogP contribution is -2.37. The normalized spacial score (nSPS) is 23.7. The van der Waals surface area contributed by atoms with Gasteiger partial charge >= 0.3 is 6.03 Å². The van der Waals surface area contributed by atoms with E-state index in [0.717, 1.165) is 63.7 Å². The van der Waals surface area contributed by atoms with Gasteiger partial charge in [0.15, 0.2) is 0 Å². The van der Waals surface area contributed by atoms with Crippen LogP contribution in [0.1, 0.15) is 104 Å². The molecule has 47 heavy (non-hydrogen) atoms. The Bertz CT molecular complexity index is 1030. The van der Waals surface area contributed by atoms with Gasteiger partial charge in [0.25, 0.3) is 0 Å². The molecule has 0 unspecified atom stereocenters. The van der Waals surface area contributed by atoms with E-state index < -0.39 is 0 Å².